The van der Waals surface area contributed by atoms with Crippen LogP contribution in [0.5, 0.6) is 0 Å². The van der Waals surface area contributed by atoms with Crippen molar-refractivity contribution in [1.82, 2.24) is 5.32 Å². The van der Waals surface area contributed by atoms with Crippen LogP contribution >= 0.6 is 0 Å². The molecule has 2 N–H and O–H groups in total. The number of amides is 1. The summed E-state index contributed by atoms with van der Waals surface area (Å²) in [6.45, 7) is 5.15. The normalized spacial score (nSPS) is 12.8. The maximum atomic E-state index is 11.2. The lowest BCUT2D eigenvalue weighted by molar-refractivity contribution is -0.142. The largest absolute Gasteiger partial charge is 0.469 e. The molecule has 0 aromatic carbocycles. The van der Waals surface area contributed by atoms with Gasteiger partial charge in [0.15, 0.2) is 0 Å². The minimum atomic E-state index is -0.972. The molecule has 1 amide bonds. The van der Waals surface area contributed by atoms with Crippen LogP contribution in [0.4, 0.5) is 4.79 Å². The van der Waals surface area contributed by atoms with Crippen molar-refractivity contribution >= 4 is 12.1 Å². The molecule has 0 aliphatic carbocycles. The first-order valence-electron chi connectivity index (χ1n) is 4.96. The molecule has 0 spiro atoms. The Morgan fingerprint density at radius 2 is 1.94 bits per heavy atom. The SMILES string of the molecule is COC(=O)C[C@@H](O)CNC(=O)OC(C)(C)C. The van der Waals surface area contributed by atoms with Crippen molar-refractivity contribution in [2.45, 2.75) is 38.9 Å². The molecular formula is C10H19NO5. The molecule has 0 heterocycles. The smallest absolute Gasteiger partial charge is 0.407 e. The minimum Gasteiger partial charge on any atom is -0.469 e. The molecule has 16 heavy (non-hydrogen) atoms. The number of aliphatic hydroxyl groups excluding tert-OH is 1. The van der Waals surface area contributed by atoms with Crippen LogP contribution in [-0.2, 0) is 14.3 Å². The molecule has 0 bridgehead atoms. The van der Waals surface area contributed by atoms with E-state index in [1.807, 2.05) is 0 Å². The highest BCUT2D eigenvalue weighted by Crippen LogP contribution is 2.06. The van der Waals surface area contributed by atoms with Crippen LogP contribution in [0, 0.1) is 0 Å². The lowest BCUT2D eigenvalue weighted by Crippen LogP contribution is -2.37. The van der Waals surface area contributed by atoms with Crippen molar-refractivity contribution in [3.05, 3.63) is 0 Å². The van der Waals surface area contributed by atoms with Crippen LogP contribution in [0.1, 0.15) is 27.2 Å². The van der Waals surface area contributed by atoms with Crippen molar-refractivity contribution in [3.63, 3.8) is 0 Å². The van der Waals surface area contributed by atoms with Crippen molar-refractivity contribution in [1.29, 1.82) is 0 Å². The number of nitrogens with one attached hydrogen (secondary N) is 1. The van der Waals surface area contributed by atoms with E-state index in [0.717, 1.165) is 0 Å². The van der Waals surface area contributed by atoms with Gasteiger partial charge in [-0.15, -0.1) is 0 Å². The number of ether oxygens (including phenoxy) is 2. The Morgan fingerprint density at radius 1 is 1.38 bits per heavy atom. The molecule has 94 valence electrons. The van der Waals surface area contributed by atoms with Crippen molar-refractivity contribution < 1.29 is 24.2 Å². The molecule has 0 saturated heterocycles. The van der Waals surface area contributed by atoms with Gasteiger partial charge in [-0.25, -0.2) is 4.79 Å². The molecule has 0 rings (SSSR count). The zero-order valence-electron chi connectivity index (χ0n) is 10.1. The average molecular weight is 233 g/mol. The number of aliphatic hydroxyl groups is 1. The van der Waals surface area contributed by atoms with Crippen molar-refractivity contribution in [2.75, 3.05) is 13.7 Å². The van der Waals surface area contributed by atoms with Gasteiger partial charge in [0.05, 0.1) is 19.6 Å². The molecule has 0 aromatic heterocycles. The van der Waals surface area contributed by atoms with Crippen LogP contribution < -0.4 is 5.32 Å². The summed E-state index contributed by atoms with van der Waals surface area (Å²) in [4.78, 5) is 21.9. The first-order valence-corrected chi connectivity index (χ1v) is 4.96. The first-order chi connectivity index (χ1) is 7.24. The second-order valence-corrected chi connectivity index (χ2v) is 4.32. The maximum absolute atomic E-state index is 11.2. The van der Waals surface area contributed by atoms with Gasteiger partial charge >= 0.3 is 12.1 Å². The standard InChI is InChI=1S/C10H19NO5/c1-10(2,3)16-9(14)11-6-7(12)5-8(13)15-4/h7,12H,5-6H2,1-4H3,(H,11,14)/t7-/m1/s1. The predicted octanol–water partition coefficient (Wildman–Crippen LogP) is 0.435. The van der Waals surface area contributed by atoms with Crippen molar-refractivity contribution in [2.24, 2.45) is 0 Å². The van der Waals surface area contributed by atoms with Crippen molar-refractivity contribution in [3.8, 4) is 0 Å². The topological polar surface area (TPSA) is 84.9 Å². The summed E-state index contributed by atoms with van der Waals surface area (Å²) in [6.07, 6.45) is -1.76. The maximum Gasteiger partial charge on any atom is 0.407 e. The van der Waals surface area contributed by atoms with E-state index in [4.69, 9.17) is 4.74 Å². The molecule has 0 aliphatic rings. The van der Waals surface area contributed by atoms with E-state index in [1.54, 1.807) is 20.8 Å². The fraction of sp³-hybridized carbons (Fsp3) is 0.800. The van der Waals surface area contributed by atoms with Gasteiger partial charge in [-0.3, -0.25) is 4.79 Å². The lowest BCUT2D eigenvalue weighted by atomic mass is 10.2. The quantitative estimate of drug-likeness (QED) is 0.688. The van der Waals surface area contributed by atoms with E-state index in [-0.39, 0.29) is 13.0 Å². The molecule has 1 atom stereocenters. The number of carbonyl (C=O) groups excluding carboxylic acids is 2. The van der Waals surface area contributed by atoms with E-state index in [2.05, 4.69) is 10.1 Å². The van der Waals surface area contributed by atoms with Crippen LogP contribution in [-0.4, -0.2) is 42.5 Å². The average Bonchev–Trinajstić information content (AvgIpc) is 2.12. The van der Waals surface area contributed by atoms with Crippen LogP contribution in [0.2, 0.25) is 0 Å². The number of alkyl carbamates (subject to hydrolysis) is 1. The molecule has 6 heteroatoms. The number of hydrogen-bond acceptors (Lipinski definition) is 5. The van der Waals surface area contributed by atoms with Gasteiger partial charge in [0.2, 0.25) is 0 Å². The van der Waals surface area contributed by atoms with Gasteiger partial charge in [0.1, 0.15) is 5.60 Å². The molecule has 0 aromatic rings. The van der Waals surface area contributed by atoms with E-state index in [1.165, 1.54) is 7.11 Å². The number of rotatable bonds is 4. The summed E-state index contributed by atoms with van der Waals surface area (Å²) in [5.41, 5.74) is -0.586. The summed E-state index contributed by atoms with van der Waals surface area (Å²) in [6, 6.07) is 0. The molecule has 0 fully saturated rings. The Morgan fingerprint density at radius 3 is 2.38 bits per heavy atom. The van der Waals surface area contributed by atoms with Crippen LogP contribution in [0.15, 0.2) is 0 Å². The third-order valence-corrected chi connectivity index (χ3v) is 1.51. The zero-order valence-corrected chi connectivity index (χ0v) is 10.1. The summed E-state index contributed by atoms with van der Waals surface area (Å²) in [7, 11) is 1.23. The Labute approximate surface area is 94.9 Å². The van der Waals surface area contributed by atoms with Crippen LogP contribution in [0.25, 0.3) is 0 Å². The third kappa shape index (κ3) is 8.05. The van der Waals surface area contributed by atoms with E-state index in [9.17, 15) is 14.7 Å². The van der Waals surface area contributed by atoms with E-state index >= 15 is 0 Å². The monoisotopic (exact) mass is 233 g/mol. The Balaban J connectivity index is 3.79. The van der Waals surface area contributed by atoms with Gasteiger partial charge in [0, 0.05) is 6.54 Å². The van der Waals surface area contributed by atoms with Gasteiger partial charge in [-0.05, 0) is 20.8 Å². The highest BCUT2D eigenvalue weighted by atomic mass is 16.6. The van der Waals surface area contributed by atoms with E-state index in [0.29, 0.717) is 0 Å². The predicted molar refractivity (Wildman–Crippen MR) is 56.9 cm³/mol. The Kier molecular flexibility index (Phi) is 5.81. The first kappa shape index (κ1) is 14.7. The van der Waals surface area contributed by atoms with Crippen LogP contribution in [0.3, 0.4) is 0 Å². The summed E-state index contributed by atoms with van der Waals surface area (Å²) in [5.74, 6) is -0.529. The lowest BCUT2D eigenvalue weighted by Gasteiger charge is -2.20. The number of carbonyl (C=O) groups is 2. The number of hydrogen-bond donors (Lipinski definition) is 2. The number of methoxy groups -OCH3 is 1. The van der Waals surface area contributed by atoms with Gasteiger partial charge < -0.3 is 19.9 Å². The molecule has 0 unspecified atom stereocenters. The molecule has 0 aliphatic heterocycles. The molecular weight excluding hydrogens is 214 g/mol. The summed E-state index contributed by atoms with van der Waals surface area (Å²) in [5, 5.41) is 11.7. The highest BCUT2D eigenvalue weighted by molar-refractivity contribution is 5.70. The Hall–Kier alpha value is -1.30. The molecule has 0 radical (unpaired) electrons. The van der Waals surface area contributed by atoms with Gasteiger partial charge in [-0.1, -0.05) is 0 Å². The fourth-order valence-electron chi connectivity index (χ4n) is 0.863. The highest BCUT2D eigenvalue weighted by Gasteiger charge is 2.17. The zero-order chi connectivity index (χ0) is 12.8. The summed E-state index contributed by atoms with van der Waals surface area (Å²) >= 11 is 0. The molecule has 0 saturated carbocycles. The fourth-order valence-corrected chi connectivity index (χ4v) is 0.863. The second kappa shape index (κ2) is 6.32. The third-order valence-electron chi connectivity index (χ3n) is 1.51. The number of esters is 1. The van der Waals surface area contributed by atoms with E-state index < -0.39 is 23.8 Å². The minimum absolute atomic E-state index is 0.0516. The Bertz CT molecular complexity index is 246. The van der Waals surface area contributed by atoms with Gasteiger partial charge in [-0.2, -0.15) is 0 Å². The van der Waals surface area contributed by atoms with Gasteiger partial charge in [0.25, 0.3) is 0 Å². The summed E-state index contributed by atoms with van der Waals surface area (Å²) < 4.78 is 9.31. The second-order valence-electron chi connectivity index (χ2n) is 4.32. The molecule has 6 nitrogen and oxygen atoms in total.